The number of nitrogens with zero attached hydrogens (tertiary/aromatic N) is 1. The molecule has 0 amide bonds. The minimum absolute atomic E-state index is 0.201. The first-order valence-corrected chi connectivity index (χ1v) is 11.0. The van der Waals surface area contributed by atoms with Crippen molar-refractivity contribution < 1.29 is 18.3 Å². The van der Waals surface area contributed by atoms with Gasteiger partial charge in [-0.15, -0.1) is 0 Å². The van der Waals surface area contributed by atoms with Gasteiger partial charge in [0.2, 0.25) is 10.0 Å². The van der Waals surface area contributed by atoms with E-state index < -0.39 is 21.4 Å². The molecule has 28 heavy (non-hydrogen) atoms. The first-order chi connectivity index (χ1) is 13.2. The summed E-state index contributed by atoms with van der Waals surface area (Å²) in [6, 6.07) is 13.9. The van der Waals surface area contributed by atoms with Crippen molar-refractivity contribution in [1.82, 2.24) is 4.57 Å². The Morgan fingerprint density at radius 3 is 2.43 bits per heavy atom. The number of carbonyl (C=O) groups is 1. The number of fused-ring (bicyclic) bond motifs is 1. The molecular weight excluding hydrogens is 400 g/mol. The van der Waals surface area contributed by atoms with E-state index in [1.807, 2.05) is 17.6 Å². The van der Waals surface area contributed by atoms with Crippen LogP contribution < -0.4 is 4.72 Å². The Hall–Kier alpha value is -2.51. The van der Waals surface area contributed by atoms with Gasteiger partial charge in [-0.1, -0.05) is 36.7 Å². The molecule has 1 heterocycles. The number of benzene rings is 2. The summed E-state index contributed by atoms with van der Waals surface area (Å²) in [5.41, 5.74) is 0.736. The largest absolute Gasteiger partial charge is 0.481 e. The zero-order chi connectivity index (χ0) is 20.5. The quantitative estimate of drug-likeness (QED) is 0.602. The van der Waals surface area contributed by atoms with Crippen LogP contribution in [0.15, 0.2) is 54.7 Å². The number of hydrogen-bond acceptors (Lipinski definition) is 3. The van der Waals surface area contributed by atoms with Crippen molar-refractivity contribution in [3.8, 4) is 0 Å². The van der Waals surface area contributed by atoms with Gasteiger partial charge in [-0.3, -0.25) is 9.52 Å². The summed E-state index contributed by atoms with van der Waals surface area (Å²) in [4.78, 5) is 12.3. The Balaban J connectivity index is 2.09. The van der Waals surface area contributed by atoms with Crippen LogP contribution in [0.3, 0.4) is 0 Å². The second-order valence-electron chi connectivity index (χ2n) is 6.80. The second-order valence-corrected chi connectivity index (χ2v) is 8.99. The van der Waals surface area contributed by atoms with Crippen molar-refractivity contribution in [2.24, 2.45) is 0 Å². The van der Waals surface area contributed by atoms with Crippen LogP contribution in [0.5, 0.6) is 0 Å². The molecule has 1 atom stereocenters. The van der Waals surface area contributed by atoms with Crippen LogP contribution in [0.25, 0.3) is 10.9 Å². The molecule has 0 aliphatic heterocycles. The van der Waals surface area contributed by atoms with E-state index in [0.29, 0.717) is 28.1 Å². The monoisotopic (exact) mass is 420 g/mol. The molecule has 0 saturated heterocycles. The van der Waals surface area contributed by atoms with E-state index in [-0.39, 0.29) is 6.54 Å². The maximum Gasteiger partial charge on any atom is 0.315 e. The van der Waals surface area contributed by atoms with Gasteiger partial charge in [0, 0.05) is 23.2 Å². The fraction of sp³-hybridized carbons (Fsp3) is 0.250. The normalized spacial score (nSPS) is 14.0. The van der Waals surface area contributed by atoms with Gasteiger partial charge in [-0.25, -0.2) is 8.42 Å². The van der Waals surface area contributed by atoms with Crippen LogP contribution in [-0.4, -0.2) is 30.3 Å². The van der Waals surface area contributed by atoms with Crippen molar-refractivity contribution in [2.75, 3.05) is 11.0 Å². The van der Waals surface area contributed by atoms with Crippen LogP contribution in [-0.2, 0) is 26.8 Å². The number of sulfonamides is 1. The Bertz CT molecular complexity index is 1120. The summed E-state index contributed by atoms with van der Waals surface area (Å²) in [5, 5.41) is 11.3. The molecule has 148 valence electrons. The molecule has 0 fully saturated rings. The zero-order valence-corrected chi connectivity index (χ0v) is 17.1. The average Bonchev–Trinajstić information content (AvgIpc) is 3.03. The van der Waals surface area contributed by atoms with Gasteiger partial charge in [-0.2, -0.15) is 0 Å². The van der Waals surface area contributed by atoms with E-state index in [9.17, 15) is 18.3 Å². The van der Waals surface area contributed by atoms with E-state index in [2.05, 4.69) is 4.72 Å². The molecule has 2 aromatic carbocycles. The topological polar surface area (TPSA) is 88.4 Å². The van der Waals surface area contributed by atoms with Gasteiger partial charge in [0.05, 0.1) is 17.5 Å². The third-order valence-corrected chi connectivity index (χ3v) is 5.80. The van der Waals surface area contributed by atoms with Gasteiger partial charge in [-0.05, 0) is 42.3 Å². The van der Waals surface area contributed by atoms with Crippen molar-refractivity contribution in [1.29, 1.82) is 0 Å². The smallest absolute Gasteiger partial charge is 0.315 e. The molecule has 0 aliphatic rings. The molecule has 2 N–H and O–H groups in total. The van der Waals surface area contributed by atoms with Crippen molar-refractivity contribution in [3.05, 3.63) is 65.3 Å². The summed E-state index contributed by atoms with van der Waals surface area (Å²) in [5.74, 6) is -0.926. The fourth-order valence-corrected chi connectivity index (χ4v) is 4.16. The lowest BCUT2D eigenvalue weighted by molar-refractivity contribution is -0.144. The van der Waals surface area contributed by atoms with Crippen molar-refractivity contribution >= 4 is 44.2 Å². The average molecular weight is 421 g/mol. The zero-order valence-electron chi connectivity index (χ0n) is 15.5. The van der Waals surface area contributed by atoms with Crippen LogP contribution >= 0.6 is 11.6 Å². The van der Waals surface area contributed by atoms with Crippen LogP contribution in [0.1, 0.15) is 18.9 Å². The molecule has 3 rings (SSSR count). The molecule has 1 aromatic heterocycles. The standard InChI is InChI=1S/C20H21ClN2O4S/c1-3-20(19(24)25,14-7-9-15(21)10-8-14)13-23-12-11-16-17(22-28(2,26)27)5-4-6-18(16)23/h4-12,22H,3,13H2,1-2H3,(H,24,25). The van der Waals surface area contributed by atoms with Crippen LogP contribution in [0.2, 0.25) is 5.02 Å². The number of halogens is 1. The highest BCUT2D eigenvalue weighted by molar-refractivity contribution is 7.92. The van der Waals surface area contributed by atoms with Crippen LogP contribution in [0, 0.1) is 0 Å². The maximum absolute atomic E-state index is 12.3. The number of aliphatic carboxylic acids is 1. The lowest BCUT2D eigenvalue weighted by Gasteiger charge is -2.30. The summed E-state index contributed by atoms with van der Waals surface area (Å²) < 4.78 is 27.6. The lowest BCUT2D eigenvalue weighted by Crippen LogP contribution is -2.39. The minimum atomic E-state index is -3.43. The van der Waals surface area contributed by atoms with Crippen LogP contribution in [0.4, 0.5) is 5.69 Å². The third-order valence-electron chi connectivity index (χ3n) is 4.96. The van der Waals surface area contributed by atoms with Crippen molar-refractivity contribution in [2.45, 2.75) is 25.3 Å². The minimum Gasteiger partial charge on any atom is -0.481 e. The predicted molar refractivity (Wildman–Crippen MR) is 111 cm³/mol. The number of nitrogens with one attached hydrogen (secondary N) is 1. The number of carboxylic acids is 1. The number of carboxylic acid groups (broad SMARTS) is 1. The third kappa shape index (κ3) is 3.86. The summed E-state index contributed by atoms with van der Waals surface area (Å²) in [6.45, 7) is 2.04. The summed E-state index contributed by atoms with van der Waals surface area (Å²) in [7, 11) is -3.43. The molecule has 0 spiro atoms. The molecule has 8 heteroatoms. The van der Waals surface area contributed by atoms with Crippen molar-refractivity contribution in [3.63, 3.8) is 0 Å². The fourth-order valence-electron chi connectivity index (χ4n) is 3.46. The predicted octanol–water partition coefficient (Wildman–Crippen LogP) is 4.10. The second kappa shape index (κ2) is 7.48. The molecular formula is C20H21ClN2O4S. The van der Waals surface area contributed by atoms with E-state index in [1.54, 1.807) is 48.7 Å². The SMILES string of the molecule is CCC(Cn1ccc2c(NS(C)(=O)=O)cccc21)(C(=O)O)c1ccc(Cl)cc1. The Kier molecular flexibility index (Phi) is 5.41. The Labute approximate surface area is 168 Å². The molecule has 1 unspecified atom stereocenters. The van der Waals surface area contributed by atoms with Gasteiger partial charge >= 0.3 is 5.97 Å². The van der Waals surface area contributed by atoms with E-state index >= 15 is 0 Å². The number of rotatable bonds is 7. The highest BCUT2D eigenvalue weighted by Crippen LogP contribution is 2.34. The summed E-state index contributed by atoms with van der Waals surface area (Å²) >= 11 is 5.97. The summed E-state index contributed by atoms with van der Waals surface area (Å²) in [6.07, 6.45) is 3.25. The number of aromatic nitrogens is 1. The number of hydrogen-bond donors (Lipinski definition) is 2. The molecule has 3 aromatic rings. The van der Waals surface area contributed by atoms with Gasteiger partial charge in [0.1, 0.15) is 5.41 Å². The van der Waals surface area contributed by atoms with Gasteiger partial charge in [0.25, 0.3) is 0 Å². The molecule has 0 aliphatic carbocycles. The first kappa shape index (κ1) is 20.2. The molecule has 0 bridgehead atoms. The molecule has 0 radical (unpaired) electrons. The first-order valence-electron chi connectivity index (χ1n) is 8.71. The van der Waals surface area contributed by atoms with E-state index in [1.165, 1.54) is 0 Å². The van der Waals surface area contributed by atoms with Gasteiger partial charge < -0.3 is 9.67 Å². The van der Waals surface area contributed by atoms with E-state index in [4.69, 9.17) is 11.6 Å². The molecule has 6 nitrogen and oxygen atoms in total. The number of anilines is 1. The van der Waals surface area contributed by atoms with E-state index in [0.717, 1.165) is 11.8 Å². The van der Waals surface area contributed by atoms with Gasteiger partial charge in [0.15, 0.2) is 0 Å². The Morgan fingerprint density at radius 2 is 1.86 bits per heavy atom. The maximum atomic E-state index is 12.3. The Morgan fingerprint density at radius 1 is 1.18 bits per heavy atom. The highest BCUT2D eigenvalue weighted by atomic mass is 35.5. The highest BCUT2D eigenvalue weighted by Gasteiger charge is 2.39. The lowest BCUT2D eigenvalue weighted by atomic mass is 9.78. The molecule has 0 saturated carbocycles.